The summed E-state index contributed by atoms with van der Waals surface area (Å²) in [5, 5.41) is 11.0. The number of fused-ring (bicyclic) bond motifs is 3. The minimum absolute atomic E-state index is 0.0233. The molecule has 54 heavy (non-hydrogen) atoms. The molecule has 6 rings (SSSR count). The lowest BCUT2D eigenvalue weighted by atomic mass is 9.88. The molecule has 1 aliphatic heterocycles. The van der Waals surface area contributed by atoms with Gasteiger partial charge in [0.1, 0.15) is 5.03 Å². The van der Waals surface area contributed by atoms with Crippen LogP contribution >= 0.6 is 23.4 Å². The van der Waals surface area contributed by atoms with Crippen LogP contribution in [0.2, 0.25) is 5.02 Å². The number of nitrogens with one attached hydrogen (secondary N) is 3. The number of amides is 2. The molecule has 9 nitrogen and oxygen atoms in total. The van der Waals surface area contributed by atoms with Crippen molar-refractivity contribution in [3.05, 3.63) is 118 Å². The maximum Gasteiger partial charge on any atom is 0.237 e. The number of pyridine rings is 1. The summed E-state index contributed by atoms with van der Waals surface area (Å²) < 4.78 is 0. The zero-order valence-corrected chi connectivity index (χ0v) is 32.1. The molecule has 2 aliphatic rings. The number of carbonyl (C=O) groups is 3. The number of ketones is 1. The van der Waals surface area contributed by atoms with Crippen molar-refractivity contribution in [2.75, 3.05) is 13.1 Å². The molecule has 4 aromatic rings. The van der Waals surface area contributed by atoms with E-state index in [1.54, 1.807) is 6.20 Å². The van der Waals surface area contributed by atoms with Crippen LogP contribution in [0.25, 0.3) is 16.7 Å². The number of carbonyl (C=O) groups excluding carboxylic acids is 3. The fourth-order valence-electron chi connectivity index (χ4n) is 7.18. The highest BCUT2D eigenvalue weighted by atomic mass is 35.5. The van der Waals surface area contributed by atoms with Gasteiger partial charge in [-0.3, -0.25) is 14.4 Å². The Bertz CT molecular complexity index is 1970. The van der Waals surface area contributed by atoms with E-state index in [0.29, 0.717) is 56.8 Å². The third-order valence-electron chi connectivity index (χ3n) is 10.2. The quantitative estimate of drug-likeness (QED) is 0.113. The lowest BCUT2D eigenvalue weighted by Crippen LogP contribution is -2.50. The molecule has 0 fully saturated rings. The van der Waals surface area contributed by atoms with Gasteiger partial charge in [-0.05, 0) is 97.5 Å². The predicted molar refractivity (Wildman–Crippen MR) is 217 cm³/mol. The van der Waals surface area contributed by atoms with Gasteiger partial charge < -0.3 is 27.4 Å². The molecule has 1 aliphatic carbocycles. The number of benzene rings is 3. The summed E-state index contributed by atoms with van der Waals surface area (Å²) >= 11 is 8.70. The topological polar surface area (TPSA) is 152 Å². The van der Waals surface area contributed by atoms with Crippen LogP contribution < -0.4 is 27.4 Å². The van der Waals surface area contributed by atoms with E-state index in [9.17, 15) is 14.4 Å². The first-order valence-corrected chi connectivity index (χ1v) is 20.1. The summed E-state index contributed by atoms with van der Waals surface area (Å²) in [6.45, 7) is 1.46. The summed E-state index contributed by atoms with van der Waals surface area (Å²) in [4.78, 5) is 48.1. The number of aromatic nitrogens is 1. The highest BCUT2D eigenvalue weighted by molar-refractivity contribution is 7.99. The molecule has 3 atom stereocenters. The molecule has 0 spiro atoms. The standard InChI is InChI=1S/C43H49ClN6O3S/c44-39-35(28-10-2-1-3-11-28)20-19-31-26-49-41(52)33(24-30-18-17-29-12-4-5-14-34(29)30)25-38(51)36(15-6-7-21-45)50-42(53)37(16-8-22-46)48-27-32-13-9-23-47-43(32)54-40(31)39/h1-5,9-14,18-20,23,33,36-37,48H,6-8,15-17,21-22,24-27,45-46H2,(H,49,52)(H,50,53)/t33-,36+,37+/m1/s1. The van der Waals surface area contributed by atoms with Crippen LogP contribution in [0, 0.1) is 5.92 Å². The van der Waals surface area contributed by atoms with E-state index in [-0.39, 0.29) is 30.6 Å². The number of hydrogen-bond acceptors (Lipinski definition) is 8. The van der Waals surface area contributed by atoms with Gasteiger partial charge in [0.15, 0.2) is 5.78 Å². The predicted octanol–water partition coefficient (Wildman–Crippen LogP) is 6.60. The zero-order chi connectivity index (χ0) is 37.9. The van der Waals surface area contributed by atoms with Gasteiger partial charge in [-0.25, -0.2) is 4.98 Å². The van der Waals surface area contributed by atoms with Crippen molar-refractivity contribution in [2.45, 2.75) is 86.5 Å². The largest absolute Gasteiger partial charge is 0.352 e. The fourth-order valence-corrected chi connectivity index (χ4v) is 8.63. The summed E-state index contributed by atoms with van der Waals surface area (Å²) in [5.41, 5.74) is 18.6. The van der Waals surface area contributed by atoms with E-state index in [0.717, 1.165) is 56.2 Å². The number of allylic oxidation sites excluding steroid dienone is 2. The van der Waals surface area contributed by atoms with Crippen LogP contribution in [0.1, 0.15) is 67.2 Å². The fraction of sp³-hybridized carbons (Fsp3) is 0.349. The number of nitrogens with two attached hydrogens (primary N) is 2. The molecule has 0 unspecified atom stereocenters. The molecule has 282 valence electrons. The number of rotatable bonds is 10. The van der Waals surface area contributed by atoms with Crippen molar-refractivity contribution in [1.82, 2.24) is 20.9 Å². The van der Waals surface area contributed by atoms with Crippen LogP contribution in [0.15, 0.2) is 101 Å². The summed E-state index contributed by atoms with van der Waals surface area (Å²) in [6.07, 6.45) is 7.98. The molecule has 0 radical (unpaired) electrons. The molecule has 0 saturated carbocycles. The second-order valence-electron chi connectivity index (χ2n) is 13.9. The van der Waals surface area contributed by atoms with E-state index >= 15 is 0 Å². The Morgan fingerprint density at radius 2 is 1.52 bits per heavy atom. The smallest absolute Gasteiger partial charge is 0.237 e. The van der Waals surface area contributed by atoms with Crippen molar-refractivity contribution in [2.24, 2.45) is 17.4 Å². The summed E-state index contributed by atoms with van der Waals surface area (Å²) in [7, 11) is 0. The van der Waals surface area contributed by atoms with Crippen molar-refractivity contribution in [1.29, 1.82) is 0 Å². The third kappa shape index (κ3) is 9.85. The van der Waals surface area contributed by atoms with Gasteiger partial charge in [0.05, 0.1) is 17.1 Å². The Morgan fingerprint density at radius 3 is 2.33 bits per heavy atom. The molecule has 7 N–H and O–H groups in total. The van der Waals surface area contributed by atoms with E-state index in [2.05, 4.69) is 34.2 Å². The molecule has 0 saturated heterocycles. The van der Waals surface area contributed by atoms with E-state index < -0.39 is 18.0 Å². The molecule has 3 aromatic carbocycles. The number of unbranched alkanes of at least 4 members (excludes halogenated alkanes) is 1. The van der Waals surface area contributed by atoms with Crippen molar-refractivity contribution >= 4 is 46.5 Å². The van der Waals surface area contributed by atoms with Crippen molar-refractivity contribution < 1.29 is 14.4 Å². The second-order valence-corrected chi connectivity index (χ2v) is 15.3. The third-order valence-corrected chi connectivity index (χ3v) is 11.9. The monoisotopic (exact) mass is 764 g/mol. The lowest BCUT2D eigenvalue weighted by molar-refractivity contribution is -0.132. The number of hydrogen-bond donors (Lipinski definition) is 5. The normalized spacial score (nSPS) is 19.5. The zero-order valence-electron chi connectivity index (χ0n) is 30.5. The average Bonchev–Trinajstić information content (AvgIpc) is 3.60. The first-order chi connectivity index (χ1) is 26.4. The Morgan fingerprint density at radius 1 is 0.759 bits per heavy atom. The van der Waals surface area contributed by atoms with Crippen LogP contribution in [-0.2, 0) is 33.9 Å². The minimum Gasteiger partial charge on any atom is -0.352 e. The highest BCUT2D eigenvalue weighted by Crippen LogP contribution is 2.42. The van der Waals surface area contributed by atoms with E-state index in [1.165, 1.54) is 17.3 Å². The summed E-state index contributed by atoms with van der Waals surface area (Å²) in [6, 6.07) is 24.6. The first-order valence-electron chi connectivity index (χ1n) is 18.9. The number of Topliss-reactive ketones (excluding diaryl/α,β-unsaturated/α-hetero) is 1. The Hall–Kier alpha value is -4.32. The van der Waals surface area contributed by atoms with Crippen LogP contribution in [0.4, 0.5) is 0 Å². The Kier molecular flexibility index (Phi) is 14.1. The van der Waals surface area contributed by atoms with Gasteiger partial charge in [0, 0.05) is 42.1 Å². The number of nitrogens with zero attached hydrogens (tertiary/aromatic N) is 1. The highest BCUT2D eigenvalue weighted by Gasteiger charge is 2.31. The molecular weight excluding hydrogens is 716 g/mol. The van der Waals surface area contributed by atoms with Gasteiger partial charge in [-0.2, -0.15) is 0 Å². The van der Waals surface area contributed by atoms with Gasteiger partial charge in [-0.1, -0.05) is 102 Å². The van der Waals surface area contributed by atoms with E-state index in [4.69, 9.17) is 28.1 Å². The first kappa shape index (κ1) is 39.4. The van der Waals surface area contributed by atoms with Gasteiger partial charge >= 0.3 is 0 Å². The maximum atomic E-state index is 14.3. The molecule has 0 bridgehead atoms. The van der Waals surface area contributed by atoms with Crippen LogP contribution in [0.5, 0.6) is 0 Å². The molecule has 2 amide bonds. The Labute approximate surface area is 327 Å². The summed E-state index contributed by atoms with van der Waals surface area (Å²) in [5.74, 6) is -1.34. The molecule has 1 aromatic heterocycles. The average molecular weight is 765 g/mol. The second kappa shape index (κ2) is 19.3. The Balaban J connectivity index is 1.40. The van der Waals surface area contributed by atoms with Crippen LogP contribution in [-0.4, -0.2) is 47.8 Å². The molecule has 11 heteroatoms. The molecule has 2 heterocycles. The molecular formula is C43H49ClN6O3S. The van der Waals surface area contributed by atoms with Crippen molar-refractivity contribution in [3.63, 3.8) is 0 Å². The maximum absolute atomic E-state index is 14.3. The van der Waals surface area contributed by atoms with Gasteiger partial charge in [0.25, 0.3) is 0 Å². The van der Waals surface area contributed by atoms with Gasteiger partial charge in [-0.15, -0.1) is 0 Å². The van der Waals surface area contributed by atoms with Crippen LogP contribution in [0.3, 0.4) is 0 Å². The minimum atomic E-state index is -0.762. The van der Waals surface area contributed by atoms with Crippen molar-refractivity contribution in [3.8, 4) is 11.1 Å². The SMILES string of the molecule is NCCCC[C@@H]1NC(=O)[C@H](CCCN)NCc2cccnc2Sc2c(ccc(-c3ccccc3)c2Cl)CNC(=O)[C@H](CC2=CCc3ccccc32)CC1=O. The van der Waals surface area contributed by atoms with E-state index in [1.807, 2.05) is 66.7 Å². The lowest BCUT2D eigenvalue weighted by Gasteiger charge is -2.25. The van der Waals surface area contributed by atoms with Gasteiger partial charge in [0.2, 0.25) is 11.8 Å². The number of halogens is 1.